The van der Waals surface area contributed by atoms with Gasteiger partial charge in [-0.15, -0.1) is 0 Å². The van der Waals surface area contributed by atoms with Crippen LogP contribution in [0.2, 0.25) is 0 Å². The van der Waals surface area contributed by atoms with E-state index in [1.165, 1.54) is 89.4 Å². The molecule has 0 spiro atoms. The molecule has 0 radical (unpaired) electrons. The quantitative estimate of drug-likeness (QED) is 0.193. The zero-order chi connectivity index (χ0) is 32.5. The lowest BCUT2D eigenvalue weighted by Gasteiger charge is -2.38. The van der Waals surface area contributed by atoms with E-state index in [-0.39, 0.29) is 16.2 Å². The molecule has 0 fully saturated rings. The second-order valence-corrected chi connectivity index (χ2v) is 15.4. The fourth-order valence-electron chi connectivity index (χ4n) is 9.55. The Morgan fingerprint density at radius 3 is 1.40 bits per heavy atom. The summed E-state index contributed by atoms with van der Waals surface area (Å²) in [5.74, 6) is 0. The van der Waals surface area contributed by atoms with Crippen LogP contribution in [0.5, 0.6) is 0 Å². The summed E-state index contributed by atoms with van der Waals surface area (Å²) in [4.78, 5) is 2.61. The van der Waals surface area contributed by atoms with E-state index in [0.29, 0.717) is 0 Å². The van der Waals surface area contributed by atoms with Crippen molar-refractivity contribution in [3.05, 3.63) is 160 Å². The van der Waals surface area contributed by atoms with Crippen LogP contribution in [0.15, 0.2) is 121 Å². The van der Waals surface area contributed by atoms with E-state index in [1.807, 2.05) is 0 Å². The molecule has 1 heteroatoms. The van der Waals surface area contributed by atoms with E-state index in [4.69, 9.17) is 0 Å². The van der Waals surface area contributed by atoms with Crippen LogP contribution in [-0.4, -0.2) is 0 Å². The van der Waals surface area contributed by atoms with Crippen molar-refractivity contribution >= 4 is 17.1 Å². The number of rotatable bonds is 3. The predicted molar refractivity (Wildman–Crippen MR) is 199 cm³/mol. The van der Waals surface area contributed by atoms with Crippen molar-refractivity contribution in [1.82, 2.24) is 0 Å². The van der Waals surface area contributed by atoms with Gasteiger partial charge in [0.25, 0.3) is 0 Å². The monoisotopic (exact) mass is 607 g/mol. The van der Waals surface area contributed by atoms with Crippen molar-refractivity contribution in [2.24, 2.45) is 0 Å². The molecule has 6 aromatic carbocycles. The molecule has 1 nitrogen and oxygen atoms in total. The van der Waals surface area contributed by atoms with Crippen molar-refractivity contribution in [2.75, 3.05) is 4.90 Å². The Labute approximate surface area is 279 Å². The first-order chi connectivity index (χ1) is 22.5. The molecule has 0 saturated heterocycles. The first-order valence-electron chi connectivity index (χ1n) is 17.1. The van der Waals surface area contributed by atoms with Gasteiger partial charge in [-0.25, -0.2) is 0 Å². The summed E-state index contributed by atoms with van der Waals surface area (Å²) in [7, 11) is 0. The van der Waals surface area contributed by atoms with E-state index >= 15 is 0 Å². The molecule has 0 aliphatic heterocycles. The molecule has 6 aromatic rings. The predicted octanol–water partition coefficient (Wildman–Crippen LogP) is 12.4. The van der Waals surface area contributed by atoms with E-state index < -0.39 is 0 Å². The number of benzene rings is 6. The molecule has 0 amide bonds. The van der Waals surface area contributed by atoms with Gasteiger partial charge in [0.2, 0.25) is 0 Å². The molecule has 0 aromatic heterocycles. The highest BCUT2D eigenvalue weighted by molar-refractivity contribution is 6.02. The Morgan fingerprint density at radius 1 is 0.404 bits per heavy atom. The molecule has 230 valence electrons. The minimum absolute atomic E-state index is 0.0908. The topological polar surface area (TPSA) is 3.24 Å². The van der Waals surface area contributed by atoms with Crippen LogP contribution in [0, 0.1) is 6.92 Å². The minimum Gasteiger partial charge on any atom is -0.310 e. The lowest BCUT2D eigenvalue weighted by molar-refractivity contribution is 0.639. The highest BCUT2D eigenvalue weighted by Gasteiger charge is 2.48. The molecule has 0 saturated carbocycles. The van der Waals surface area contributed by atoms with Gasteiger partial charge in [-0.2, -0.15) is 0 Å². The van der Waals surface area contributed by atoms with Crippen molar-refractivity contribution < 1.29 is 0 Å². The summed E-state index contributed by atoms with van der Waals surface area (Å²) in [6.45, 7) is 16.9. The normalized spacial score (nSPS) is 16.5. The van der Waals surface area contributed by atoms with Gasteiger partial charge < -0.3 is 4.90 Å². The standard InChI is InChI=1S/C46H41N/c1-28-39-33-20-12-15-23-36(33)45(4,5)41(39)43(42-40(28)34-21-13-16-24-37(34)46(42,6)7)47(29-17-9-8-10-18-29)30-25-26-32-31-19-11-14-22-35(31)44(2,3)38(32)27-30/h8-27H,1-7H3. The summed E-state index contributed by atoms with van der Waals surface area (Å²) >= 11 is 0. The Bertz CT molecular complexity index is 2200. The molecule has 0 unspecified atom stereocenters. The van der Waals surface area contributed by atoms with Crippen LogP contribution >= 0.6 is 0 Å². The average Bonchev–Trinajstić information content (AvgIpc) is 3.57. The van der Waals surface area contributed by atoms with E-state index in [9.17, 15) is 0 Å². The second kappa shape index (κ2) is 9.35. The number of nitrogens with zero attached hydrogens (tertiary/aromatic N) is 1. The molecular weight excluding hydrogens is 567 g/mol. The minimum atomic E-state index is -0.189. The Kier molecular flexibility index (Phi) is 5.64. The Balaban J connectivity index is 1.43. The van der Waals surface area contributed by atoms with Gasteiger partial charge in [-0.3, -0.25) is 0 Å². The van der Waals surface area contributed by atoms with Crippen LogP contribution in [0.25, 0.3) is 33.4 Å². The molecule has 0 N–H and O–H groups in total. The smallest absolute Gasteiger partial charge is 0.0555 e. The third-order valence-corrected chi connectivity index (χ3v) is 11.8. The number of fused-ring (bicyclic) bond motifs is 9. The molecule has 0 atom stereocenters. The molecule has 0 heterocycles. The third kappa shape index (κ3) is 3.55. The molecule has 3 aliphatic rings. The van der Waals surface area contributed by atoms with Crippen molar-refractivity contribution in [3.63, 3.8) is 0 Å². The van der Waals surface area contributed by atoms with Crippen LogP contribution in [0.1, 0.15) is 80.5 Å². The van der Waals surface area contributed by atoms with Crippen LogP contribution in [0.3, 0.4) is 0 Å². The SMILES string of the molecule is Cc1c2c(c(N(c3ccccc3)c3ccc4c(c3)C(C)(C)c3ccccc3-4)c3c1-c1ccccc1C3(C)C)C(C)(C)c1ccccc1-2. The summed E-state index contributed by atoms with van der Waals surface area (Å²) in [5, 5.41) is 0. The first-order valence-corrected chi connectivity index (χ1v) is 17.1. The molecule has 0 bridgehead atoms. The highest BCUT2D eigenvalue weighted by Crippen LogP contribution is 2.64. The molecule has 3 aliphatic carbocycles. The van der Waals surface area contributed by atoms with Crippen LogP contribution in [0.4, 0.5) is 17.1 Å². The fraction of sp³-hybridized carbons (Fsp3) is 0.217. The Hall–Kier alpha value is -4.88. The largest absolute Gasteiger partial charge is 0.310 e. The summed E-state index contributed by atoms with van der Waals surface area (Å²) in [5.41, 5.74) is 21.4. The molecule has 9 rings (SSSR count). The van der Waals surface area contributed by atoms with Gasteiger partial charge in [0.1, 0.15) is 0 Å². The van der Waals surface area contributed by atoms with Crippen LogP contribution < -0.4 is 4.90 Å². The Morgan fingerprint density at radius 2 is 0.851 bits per heavy atom. The van der Waals surface area contributed by atoms with Gasteiger partial charge in [-0.05, 0) is 104 Å². The van der Waals surface area contributed by atoms with Gasteiger partial charge in [0.15, 0.2) is 0 Å². The lowest BCUT2D eigenvalue weighted by atomic mass is 9.74. The third-order valence-electron chi connectivity index (χ3n) is 11.8. The first kappa shape index (κ1) is 28.4. The fourth-order valence-corrected chi connectivity index (χ4v) is 9.55. The maximum Gasteiger partial charge on any atom is 0.0555 e. The van der Waals surface area contributed by atoms with E-state index in [2.05, 4.69) is 175 Å². The van der Waals surface area contributed by atoms with Crippen molar-refractivity contribution in [2.45, 2.75) is 64.7 Å². The zero-order valence-electron chi connectivity index (χ0n) is 28.5. The van der Waals surface area contributed by atoms with E-state index in [0.717, 1.165) is 0 Å². The van der Waals surface area contributed by atoms with Crippen molar-refractivity contribution in [1.29, 1.82) is 0 Å². The summed E-state index contributed by atoms with van der Waals surface area (Å²) in [6.07, 6.45) is 0. The number of para-hydroxylation sites is 1. The average molecular weight is 608 g/mol. The maximum absolute atomic E-state index is 2.61. The van der Waals surface area contributed by atoms with Gasteiger partial charge in [0, 0.05) is 27.6 Å². The second-order valence-electron chi connectivity index (χ2n) is 15.4. The summed E-state index contributed by atoms with van der Waals surface area (Å²) in [6, 6.07) is 45.5. The molecule has 47 heavy (non-hydrogen) atoms. The number of hydrogen-bond acceptors (Lipinski definition) is 1. The highest BCUT2D eigenvalue weighted by atomic mass is 15.2. The van der Waals surface area contributed by atoms with Gasteiger partial charge in [-0.1, -0.05) is 139 Å². The van der Waals surface area contributed by atoms with Crippen LogP contribution in [-0.2, 0) is 16.2 Å². The number of hydrogen-bond donors (Lipinski definition) is 0. The lowest BCUT2D eigenvalue weighted by Crippen LogP contribution is -2.26. The molecular formula is C46H41N. The van der Waals surface area contributed by atoms with Crippen molar-refractivity contribution in [3.8, 4) is 33.4 Å². The van der Waals surface area contributed by atoms with Gasteiger partial charge >= 0.3 is 0 Å². The van der Waals surface area contributed by atoms with Gasteiger partial charge in [0.05, 0.1) is 5.69 Å². The zero-order valence-corrected chi connectivity index (χ0v) is 28.5. The summed E-state index contributed by atoms with van der Waals surface area (Å²) < 4.78 is 0. The van der Waals surface area contributed by atoms with E-state index in [1.54, 1.807) is 0 Å². The number of anilines is 3. The maximum atomic E-state index is 2.61.